The first kappa shape index (κ1) is 36.6. The molecular weight excluding hydrogens is 644 g/mol. The number of anilines is 1. The molecule has 51 heavy (non-hydrogen) atoms. The van der Waals surface area contributed by atoms with Crippen LogP contribution in [0.4, 0.5) is 15.3 Å². The maximum atomic E-state index is 14.1. The van der Waals surface area contributed by atoms with Crippen molar-refractivity contribution >= 4 is 29.7 Å². The van der Waals surface area contributed by atoms with Crippen molar-refractivity contribution in [3.63, 3.8) is 0 Å². The van der Waals surface area contributed by atoms with Gasteiger partial charge in [0.15, 0.2) is 0 Å². The molecule has 0 radical (unpaired) electrons. The van der Waals surface area contributed by atoms with Gasteiger partial charge in [0.05, 0.1) is 6.54 Å². The predicted octanol–water partition coefficient (Wildman–Crippen LogP) is 7.05. The van der Waals surface area contributed by atoms with Crippen molar-refractivity contribution in [1.82, 2.24) is 16.0 Å². The van der Waals surface area contributed by atoms with Gasteiger partial charge in [0.1, 0.15) is 23.8 Å². The van der Waals surface area contributed by atoms with E-state index in [-0.39, 0.29) is 12.5 Å². The summed E-state index contributed by atoms with van der Waals surface area (Å²) >= 11 is 0. The van der Waals surface area contributed by atoms with Gasteiger partial charge in [0.25, 0.3) is 0 Å². The number of nitrogens with one attached hydrogen (secondary N) is 3. The lowest BCUT2D eigenvalue weighted by Gasteiger charge is -2.31. The van der Waals surface area contributed by atoms with Crippen LogP contribution in [0.5, 0.6) is 0 Å². The molecule has 0 aromatic heterocycles. The van der Waals surface area contributed by atoms with Crippen molar-refractivity contribution in [1.29, 1.82) is 0 Å². The molecule has 1 heterocycles. The Bertz CT molecular complexity index is 1850. The van der Waals surface area contributed by atoms with Crippen LogP contribution in [-0.4, -0.2) is 41.2 Å². The van der Waals surface area contributed by atoms with Crippen LogP contribution in [0.25, 0.3) is 11.1 Å². The van der Waals surface area contributed by atoms with Crippen molar-refractivity contribution in [2.24, 2.45) is 0 Å². The number of aryl methyl sites for hydroxylation is 1. The topological polar surface area (TPSA) is 126 Å². The minimum absolute atomic E-state index is 0.191. The lowest BCUT2D eigenvalue weighted by atomic mass is 9.98. The molecule has 4 aromatic carbocycles. The minimum atomic E-state index is -1.32. The van der Waals surface area contributed by atoms with E-state index in [1.807, 2.05) is 103 Å². The van der Waals surface area contributed by atoms with Crippen LogP contribution in [-0.2, 0) is 45.2 Å². The molecule has 266 valence electrons. The highest BCUT2D eigenvalue weighted by molar-refractivity contribution is 6.01. The lowest BCUT2D eigenvalue weighted by Crippen LogP contribution is -2.59. The number of carbonyl (C=O) groups is 4. The van der Waals surface area contributed by atoms with E-state index in [0.717, 1.165) is 39.1 Å². The van der Waals surface area contributed by atoms with Gasteiger partial charge in [-0.15, -0.1) is 0 Å². The monoisotopic (exact) mass is 690 g/mol. The molecule has 0 unspecified atom stereocenters. The van der Waals surface area contributed by atoms with E-state index in [1.165, 1.54) is 0 Å². The average Bonchev–Trinajstić information content (AvgIpc) is 3.22. The van der Waals surface area contributed by atoms with E-state index in [0.29, 0.717) is 25.9 Å². The van der Waals surface area contributed by atoms with E-state index in [2.05, 4.69) is 16.0 Å². The second kappa shape index (κ2) is 15.9. The molecule has 4 aromatic rings. The second-order valence-corrected chi connectivity index (χ2v) is 14.1. The smallest absolute Gasteiger partial charge is 0.408 e. The van der Waals surface area contributed by atoms with Crippen molar-refractivity contribution in [2.45, 2.75) is 84.3 Å². The van der Waals surface area contributed by atoms with Gasteiger partial charge in [0, 0.05) is 12.2 Å². The molecular formula is C41H46N4O6. The fourth-order valence-electron chi connectivity index (χ4n) is 5.84. The first-order chi connectivity index (χ1) is 24.3. The van der Waals surface area contributed by atoms with Gasteiger partial charge >= 0.3 is 12.2 Å². The summed E-state index contributed by atoms with van der Waals surface area (Å²) in [7, 11) is 0. The molecule has 5 rings (SSSR count). The minimum Gasteiger partial charge on any atom is -0.445 e. The van der Waals surface area contributed by atoms with Gasteiger partial charge in [-0.3, -0.25) is 9.59 Å². The Balaban J connectivity index is 1.27. The summed E-state index contributed by atoms with van der Waals surface area (Å²) in [6.45, 7) is 9.16. The van der Waals surface area contributed by atoms with Crippen LogP contribution in [0.1, 0.15) is 63.3 Å². The van der Waals surface area contributed by atoms with Crippen LogP contribution in [0.15, 0.2) is 103 Å². The SMILES string of the molecule is CC(C)(C)OC(=O)NC(C)(C)C(=O)N[C@@H]1CCc2ccccc2N(Cc2ccc(-c3ccccc3CNC(=O)OCc3ccccc3)cc2)C1=O. The number of hydrogen-bond acceptors (Lipinski definition) is 6. The first-order valence-corrected chi connectivity index (χ1v) is 17.1. The molecule has 10 heteroatoms. The molecule has 0 bridgehead atoms. The van der Waals surface area contributed by atoms with Crippen LogP contribution in [0, 0.1) is 0 Å². The Morgan fingerprint density at radius 3 is 2.18 bits per heavy atom. The zero-order valence-electron chi connectivity index (χ0n) is 29.8. The summed E-state index contributed by atoms with van der Waals surface area (Å²) in [6.07, 6.45) is -0.215. The summed E-state index contributed by atoms with van der Waals surface area (Å²) < 4.78 is 10.7. The average molecular weight is 691 g/mol. The Labute approximate surface area is 299 Å². The zero-order valence-corrected chi connectivity index (χ0v) is 29.8. The van der Waals surface area contributed by atoms with Gasteiger partial charge in [-0.2, -0.15) is 0 Å². The van der Waals surface area contributed by atoms with E-state index < -0.39 is 35.3 Å². The predicted molar refractivity (Wildman–Crippen MR) is 197 cm³/mol. The third-order valence-corrected chi connectivity index (χ3v) is 8.49. The number of fused-ring (bicyclic) bond motifs is 1. The number of alkyl carbamates (subject to hydrolysis) is 2. The number of hydrogen-bond donors (Lipinski definition) is 3. The Hall–Kier alpha value is -5.64. The summed E-state index contributed by atoms with van der Waals surface area (Å²) in [5.41, 5.74) is 4.43. The molecule has 4 amide bonds. The highest BCUT2D eigenvalue weighted by Crippen LogP contribution is 2.30. The summed E-state index contributed by atoms with van der Waals surface area (Å²) in [6, 6.07) is 32.3. The fraction of sp³-hybridized carbons (Fsp3) is 0.317. The quantitative estimate of drug-likeness (QED) is 0.164. The number of rotatable bonds is 10. The third-order valence-electron chi connectivity index (χ3n) is 8.49. The van der Waals surface area contributed by atoms with E-state index in [4.69, 9.17) is 9.47 Å². The summed E-state index contributed by atoms with van der Waals surface area (Å²) in [5.74, 6) is -0.722. The van der Waals surface area contributed by atoms with Crippen LogP contribution >= 0.6 is 0 Å². The Morgan fingerprint density at radius 1 is 0.784 bits per heavy atom. The van der Waals surface area contributed by atoms with Gasteiger partial charge in [0.2, 0.25) is 11.8 Å². The number of para-hydroxylation sites is 1. The summed E-state index contributed by atoms with van der Waals surface area (Å²) in [5, 5.41) is 8.37. The normalized spacial score (nSPS) is 14.5. The standard InChI is InChI=1S/C41H46N4O6/c1-40(2,3)51-39(49)44-41(4,5)37(47)43-34-24-23-31-15-10-12-18-35(31)45(36(34)46)26-28-19-21-30(22-20-28)33-17-11-9-16-32(33)25-42-38(48)50-27-29-13-7-6-8-14-29/h6-22,34H,23-27H2,1-5H3,(H,42,48)(H,43,47)(H,44,49)/t34-/m1/s1. The molecule has 1 atom stereocenters. The van der Waals surface area contributed by atoms with Gasteiger partial charge in [-0.1, -0.05) is 97.1 Å². The number of carbonyl (C=O) groups excluding carboxylic acids is 4. The van der Waals surface area contributed by atoms with Crippen molar-refractivity contribution < 1.29 is 28.7 Å². The highest BCUT2D eigenvalue weighted by atomic mass is 16.6. The van der Waals surface area contributed by atoms with E-state index >= 15 is 0 Å². The van der Waals surface area contributed by atoms with Gasteiger partial charge in [-0.25, -0.2) is 9.59 Å². The molecule has 0 aliphatic carbocycles. The van der Waals surface area contributed by atoms with E-state index in [9.17, 15) is 19.2 Å². The first-order valence-electron chi connectivity index (χ1n) is 17.1. The zero-order chi connectivity index (χ0) is 36.6. The molecule has 3 N–H and O–H groups in total. The third kappa shape index (κ3) is 9.97. The van der Waals surface area contributed by atoms with Crippen molar-refractivity contribution in [3.05, 3.63) is 125 Å². The largest absolute Gasteiger partial charge is 0.445 e. The maximum Gasteiger partial charge on any atom is 0.408 e. The molecule has 1 aliphatic heterocycles. The molecule has 1 aliphatic rings. The maximum absolute atomic E-state index is 14.1. The second-order valence-electron chi connectivity index (χ2n) is 14.1. The van der Waals surface area contributed by atoms with Gasteiger partial charge in [-0.05, 0) is 86.9 Å². The van der Waals surface area contributed by atoms with Crippen molar-refractivity contribution in [3.8, 4) is 11.1 Å². The van der Waals surface area contributed by atoms with Crippen LogP contribution in [0.3, 0.4) is 0 Å². The highest BCUT2D eigenvalue weighted by Gasteiger charge is 2.37. The molecule has 10 nitrogen and oxygen atoms in total. The van der Waals surface area contributed by atoms with Crippen LogP contribution < -0.4 is 20.9 Å². The molecule has 0 fully saturated rings. The lowest BCUT2D eigenvalue weighted by molar-refractivity contribution is -0.131. The number of benzene rings is 4. The van der Waals surface area contributed by atoms with Crippen molar-refractivity contribution in [2.75, 3.05) is 4.90 Å². The molecule has 0 spiro atoms. The van der Waals surface area contributed by atoms with Crippen LogP contribution in [0.2, 0.25) is 0 Å². The summed E-state index contributed by atoms with van der Waals surface area (Å²) in [4.78, 5) is 54.1. The Kier molecular flexibility index (Phi) is 11.4. The van der Waals surface area contributed by atoms with Gasteiger partial charge < -0.3 is 30.3 Å². The molecule has 0 saturated carbocycles. The number of ether oxygens (including phenoxy) is 2. The van der Waals surface area contributed by atoms with E-state index in [1.54, 1.807) is 39.5 Å². The Morgan fingerprint density at radius 2 is 1.45 bits per heavy atom. The number of nitrogens with zero attached hydrogens (tertiary/aromatic N) is 1. The number of amides is 4. The fourth-order valence-corrected chi connectivity index (χ4v) is 5.84. The molecule has 0 saturated heterocycles.